The molecule has 0 spiro atoms. The Morgan fingerprint density at radius 2 is 2.19 bits per heavy atom. The van der Waals surface area contributed by atoms with E-state index in [4.69, 9.17) is 18.9 Å². The Bertz CT molecular complexity index is 330. The van der Waals surface area contributed by atoms with Crippen LogP contribution in [-0.2, 0) is 18.9 Å². The summed E-state index contributed by atoms with van der Waals surface area (Å²) in [6.45, 7) is 4.54. The van der Waals surface area contributed by atoms with Crippen LogP contribution in [0.15, 0.2) is 4.99 Å². The molecule has 0 N–H and O–H groups in total. The molecule has 0 amide bonds. The number of fused-ring (bicyclic) bond motifs is 3. The van der Waals surface area contributed by atoms with Crippen molar-refractivity contribution in [2.75, 3.05) is 13.7 Å². The maximum atomic E-state index is 5.90. The molecule has 0 aromatic carbocycles. The Morgan fingerprint density at radius 1 is 1.38 bits per heavy atom. The molecule has 4 atom stereocenters. The molecule has 5 nitrogen and oxygen atoms in total. The standard InChI is InChI=1S/C11H17NO4/c1-10(2)15-8-9(16-10)14-7-6-12-5-4-11(7,8)13-3/h6-9H,4-5H2,1-3H3/t7-,8+,9-,11-/m1/s1. The van der Waals surface area contributed by atoms with Crippen molar-refractivity contribution in [3.8, 4) is 0 Å². The minimum Gasteiger partial charge on any atom is -0.372 e. The normalized spacial score (nSPS) is 49.1. The molecule has 0 aromatic heterocycles. The van der Waals surface area contributed by atoms with Crippen LogP contribution in [0, 0.1) is 0 Å². The van der Waals surface area contributed by atoms with Gasteiger partial charge in [0.15, 0.2) is 12.1 Å². The van der Waals surface area contributed by atoms with Crippen LogP contribution in [0.2, 0.25) is 0 Å². The van der Waals surface area contributed by atoms with Gasteiger partial charge in [0.05, 0.1) is 0 Å². The summed E-state index contributed by atoms with van der Waals surface area (Å²) in [5.74, 6) is -0.597. The molecule has 3 heterocycles. The summed E-state index contributed by atoms with van der Waals surface area (Å²) in [5.41, 5.74) is -0.430. The first-order valence-electron chi connectivity index (χ1n) is 5.64. The lowest BCUT2D eigenvalue weighted by molar-refractivity contribution is -0.224. The maximum Gasteiger partial charge on any atom is 0.191 e. The number of rotatable bonds is 1. The van der Waals surface area contributed by atoms with E-state index in [2.05, 4.69) is 4.99 Å². The second-order valence-corrected chi connectivity index (χ2v) is 4.95. The van der Waals surface area contributed by atoms with Crippen LogP contribution in [0.1, 0.15) is 20.3 Å². The fraction of sp³-hybridized carbons (Fsp3) is 0.909. The fourth-order valence-corrected chi connectivity index (χ4v) is 2.77. The molecule has 0 radical (unpaired) electrons. The molecule has 0 aliphatic carbocycles. The van der Waals surface area contributed by atoms with Gasteiger partial charge in [0.2, 0.25) is 0 Å². The lowest BCUT2D eigenvalue weighted by Gasteiger charge is -2.37. The van der Waals surface area contributed by atoms with E-state index >= 15 is 0 Å². The molecular weight excluding hydrogens is 210 g/mol. The molecule has 3 aliphatic rings. The highest BCUT2D eigenvalue weighted by molar-refractivity contribution is 5.67. The zero-order valence-corrected chi connectivity index (χ0v) is 9.80. The Hall–Kier alpha value is -0.490. The van der Waals surface area contributed by atoms with Gasteiger partial charge in [-0.25, -0.2) is 0 Å². The number of hydrogen-bond donors (Lipinski definition) is 0. The van der Waals surface area contributed by atoms with Crippen molar-refractivity contribution in [2.45, 2.75) is 50.2 Å². The third kappa shape index (κ3) is 1.29. The predicted octanol–water partition coefficient (Wildman–Crippen LogP) is 0.722. The Morgan fingerprint density at radius 3 is 2.94 bits per heavy atom. The van der Waals surface area contributed by atoms with Crippen molar-refractivity contribution in [1.29, 1.82) is 0 Å². The van der Waals surface area contributed by atoms with E-state index in [9.17, 15) is 0 Å². The van der Waals surface area contributed by atoms with Gasteiger partial charge in [-0.05, 0) is 13.8 Å². The molecule has 3 aliphatic heterocycles. The summed E-state index contributed by atoms with van der Waals surface area (Å²) in [6, 6.07) is 0. The fourth-order valence-electron chi connectivity index (χ4n) is 2.77. The summed E-state index contributed by atoms with van der Waals surface area (Å²) >= 11 is 0. The van der Waals surface area contributed by atoms with Crippen molar-refractivity contribution < 1.29 is 18.9 Å². The minimum atomic E-state index is -0.597. The molecule has 16 heavy (non-hydrogen) atoms. The molecule has 0 bridgehead atoms. The number of nitrogens with zero attached hydrogens (tertiary/aromatic N) is 1. The van der Waals surface area contributed by atoms with Gasteiger partial charge in [0.25, 0.3) is 0 Å². The first kappa shape index (κ1) is 10.7. The molecule has 5 heteroatoms. The minimum absolute atomic E-state index is 0.155. The van der Waals surface area contributed by atoms with Crippen LogP contribution >= 0.6 is 0 Å². The summed E-state index contributed by atoms with van der Waals surface area (Å²) < 4.78 is 23.1. The molecule has 0 aromatic rings. The average molecular weight is 227 g/mol. The molecule has 3 rings (SSSR count). The third-order valence-electron chi connectivity index (χ3n) is 3.55. The average Bonchev–Trinajstić information content (AvgIpc) is 2.68. The van der Waals surface area contributed by atoms with Gasteiger partial charge in [-0.15, -0.1) is 0 Å². The molecule has 90 valence electrons. The van der Waals surface area contributed by atoms with Crippen molar-refractivity contribution in [1.82, 2.24) is 0 Å². The SMILES string of the molecule is CO[C@]12CCN=C[C@H]1O[C@@H]1OC(C)(C)O[C@@H]12. The number of ether oxygens (including phenoxy) is 4. The zero-order chi connectivity index (χ0) is 11.4. The molecule has 0 unspecified atom stereocenters. The van der Waals surface area contributed by atoms with Gasteiger partial charge < -0.3 is 18.9 Å². The molecule has 2 saturated heterocycles. The lowest BCUT2D eigenvalue weighted by Crippen LogP contribution is -2.53. The topological polar surface area (TPSA) is 49.3 Å². The maximum absolute atomic E-state index is 5.90. The van der Waals surface area contributed by atoms with E-state index in [1.807, 2.05) is 20.1 Å². The highest BCUT2D eigenvalue weighted by Crippen LogP contribution is 2.46. The Balaban J connectivity index is 1.93. The van der Waals surface area contributed by atoms with Crippen LogP contribution in [0.5, 0.6) is 0 Å². The molecule has 0 saturated carbocycles. The lowest BCUT2D eigenvalue weighted by atomic mass is 9.87. The smallest absolute Gasteiger partial charge is 0.191 e. The monoisotopic (exact) mass is 227 g/mol. The number of methoxy groups -OCH3 is 1. The van der Waals surface area contributed by atoms with Gasteiger partial charge in [-0.3, -0.25) is 4.99 Å². The van der Waals surface area contributed by atoms with Crippen molar-refractivity contribution in [3.05, 3.63) is 0 Å². The summed E-state index contributed by atoms with van der Waals surface area (Å²) in [5, 5.41) is 0. The number of hydrogen-bond acceptors (Lipinski definition) is 5. The van der Waals surface area contributed by atoms with Gasteiger partial charge in [-0.1, -0.05) is 0 Å². The van der Waals surface area contributed by atoms with Crippen LogP contribution in [0.4, 0.5) is 0 Å². The van der Waals surface area contributed by atoms with Crippen molar-refractivity contribution >= 4 is 6.21 Å². The summed E-state index contributed by atoms with van der Waals surface area (Å²) in [7, 11) is 1.70. The predicted molar refractivity (Wildman–Crippen MR) is 56.4 cm³/mol. The zero-order valence-electron chi connectivity index (χ0n) is 9.80. The van der Waals surface area contributed by atoms with E-state index in [1.54, 1.807) is 7.11 Å². The van der Waals surface area contributed by atoms with Crippen molar-refractivity contribution in [2.24, 2.45) is 4.99 Å². The van der Waals surface area contributed by atoms with Crippen LogP contribution in [-0.4, -0.2) is 49.8 Å². The largest absolute Gasteiger partial charge is 0.372 e. The first-order chi connectivity index (χ1) is 7.57. The molecular formula is C11H17NO4. The van der Waals surface area contributed by atoms with Crippen LogP contribution in [0.3, 0.4) is 0 Å². The van der Waals surface area contributed by atoms with Gasteiger partial charge in [0, 0.05) is 26.3 Å². The van der Waals surface area contributed by atoms with Gasteiger partial charge >= 0.3 is 0 Å². The van der Waals surface area contributed by atoms with Crippen LogP contribution in [0.25, 0.3) is 0 Å². The molecule has 2 fully saturated rings. The highest BCUT2D eigenvalue weighted by Gasteiger charge is 2.64. The van der Waals surface area contributed by atoms with E-state index in [-0.39, 0.29) is 18.5 Å². The quantitative estimate of drug-likeness (QED) is 0.662. The van der Waals surface area contributed by atoms with E-state index in [0.29, 0.717) is 0 Å². The highest BCUT2D eigenvalue weighted by atomic mass is 16.8. The van der Waals surface area contributed by atoms with E-state index < -0.39 is 11.4 Å². The Labute approximate surface area is 94.7 Å². The second kappa shape index (κ2) is 3.26. The Kier molecular flexibility index (Phi) is 2.17. The summed E-state index contributed by atoms with van der Waals surface area (Å²) in [6.07, 6.45) is 1.96. The third-order valence-corrected chi connectivity index (χ3v) is 3.55. The van der Waals surface area contributed by atoms with Gasteiger partial charge in [-0.2, -0.15) is 0 Å². The van der Waals surface area contributed by atoms with Crippen LogP contribution < -0.4 is 0 Å². The van der Waals surface area contributed by atoms with E-state index in [0.717, 1.165) is 13.0 Å². The summed E-state index contributed by atoms with van der Waals surface area (Å²) in [4.78, 5) is 4.24. The van der Waals surface area contributed by atoms with Crippen molar-refractivity contribution in [3.63, 3.8) is 0 Å². The second-order valence-electron chi connectivity index (χ2n) is 4.95. The van der Waals surface area contributed by atoms with E-state index in [1.165, 1.54) is 0 Å². The number of aliphatic imine (C=N–C) groups is 1. The van der Waals surface area contributed by atoms with Gasteiger partial charge in [0.1, 0.15) is 17.8 Å². The first-order valence-corrected chi connectivity index (χ1v) is 5.64.